The molecule has 0 atom stereocenters. The summed E-state index contributed by atoms with van der Waals surface area (Å²) in [6.45, 7) is 3.31. The van der Waals surface area contributed by atoms with E-state index in [0.717, 1.165) is 11.7 Å². The zero-order chi connectivity index (χ0) is 9.68. The van der Waals surface area contributed by atoms with E-state index in [4.69, 9.17) is 12.2 Å². The molecule has 1 aliphatic rings. The van der Waals surface area contributed by atoms with E-state index >= 15 is 0 Å². The summed E-state index contributed by atoms with van der Waals surface area (Å²) >= 11 is 5.26. The van der Waals surface area contributed by atoms with Crippen LogP contribution < -0.4 is 5.32 Å². The Morgan fingerprint density at radius 3 is 2.69 bits per heavy atom. The summed E-state index contributed by atoms with van der Waals surface area (Å²) in [5.74, 6) is 0. The summed E-state index contributed by atoms with van der Waals surface area (Å²) in [5.41, 5.74) is 0. The average molecular weight is 200 g/mol. The fraction of sp³-hybridized carbons (Fsp3) is 0.900. The summed E-state index contributed by atoms with van der Waals surface area (Å²) in [5, 5.41) is 4.27. The Morgan fingerprint density at radius 1 is 1.46 bits per heavy atom. The van der Waals surface area contributed by atoms with Gasteiger partial charge in [0.15, 0.2) is 5.11 Å². The third kappa shape index (κ3) is 4.46. The Labute approximate surface area is 86.7 Å². The van der Waals surface area contributed by atoms with Crippen molar-refractivity contribution in [3.8, 4) is 0 Å². The summed E-state index contributed by atoms with van der Waals surface area (Å²) in [6.07, 6.45) is 6.42. The van der Waals surface area contributed by atoms with Crippen molar-refractivity contribution < 1.29 is 0 Å². The molecule has 1 N–H and O–H groups in total. The standard InChI is InChI=1S/C10H20N2S/c1-3-4-5-8-12(2)10(13)11-9-6-7-9/h9H,3-8H2,1-2H3,(H,11,13). The highest BCUT2D eigenvalue weighted by molar-refractivity contribution is 7.80. The van der Waals surface area contributed by atoms with Gasteiger partial charge in [0.2, 0.25) is 0 Å². The fourth-order valence-corrected chi connectivity index (χ4v) is 1.47. The molecule has 0 aromatic carbocycles. The Hall–Kier alpha value is -0.310. The van der Waals surface area contributed by atoms with Crippen molar-refractivity contribution in [3.63, 3.8) is 0 Å². The van der Waals surface area contributed by atoms with Crippen LogP contribution in [0.5, 0.6) is 0 Å². The monoisotopic (exact) mass is 200 g/mol. The quantitative estimate of drug-likeness (QED) is 0.541. The van der Waals surface area contributed by atoms with E-state index in [2.05, 4.69) is 24.2 Å². The van der Waals surface area contributed by atoms with Gasteiger partial charge in [-0.1, -0.05) is 19.8 Å². The lowest BCUT2D eigenvalue weighted by Crippen LogP contribution is -2.38. The van der Waals surface area contributed by atoms with E-state index in [1.54, 1.807) is 0 Å². The number of nitrogens with zero attached hydrogens (tertiary/aromatic N) is 1. The molecule has 13 heavy (non-hydrogen) atoms. The molecule has 1 saturated carbocycles. The molecule has 0 aromatic heterocycles. The number of unbranched alkanes of at least 4 members (excludes halogenated alkanes) is 2. The molecule has 0 aliphatic heterocycles. The maximum absolute atomic E-state index is 5.26. The molecule has 3 heteroatoms. The second kappa shape index (κ2) is 5.43. The zero-order valence-electron chi connectivity index (χ0n) is 8.68. The maximum atomic E-state index is 5.26. The van der Waals surface area contributed by atoms with Crippen molar-refractivity contribution in [3.05, 3.63) is 0 Å². The topological polar surface area (TPSA) is 15.3 Å². The molecule has 0 heterocycles. The van der Waals surface area contributed by atoms with Gasteiger partial charge < -0.3 is 10.2 Å². The SMILES string of the molecule is CCCCCN(C)C(=S)NC1CC1. The number of nitrogens with one attached hydrogen (secondary N) is 1. The number of hydrogen-bond acceptors (Lipinski definition) is 1. The van der Waals surface area contributed by atoms with Gasteiger partial charge in [0.25, 0.3) is 0 Å². The molecular weight excluding hydrogens is 180 g/mol. The van der Waals surface area contributed by atoms with Crippen LogP contribution in [-0.4, -0.2) is 29.6 Å². The lowest BCUT2D eigenvalue weighted by molar-refractivity contribution is 0.467. The molecular formula is C10H20N2S. The minimum atomic E-state index is 0.682. The van der Waals surface area contributed by atoms with Gasteiger partial charge in [0, 0.05) is 19.6 Å². The van der Waals surface area contributed by atoms with Crippen LogP contribution in [0.25, 0.3) is 0 Å². The van der Waals surface area contributed by atoms with Gasteiger partial charge in [-0.3, -0.25) is 0 Å². The van der Waals surface area contributed by atoms with Gasteiger partial charge in [-0.15, -0.1) is 0 Å². The molecule has 0 spiro atoms. The molecule has 0 bridgehead atoms. The van der Waals surface area contributed by atoms with Gasteiger partial charge in [0.05, 0.1) is 0 Å². The minimum Gasteiger partial charge on any atom is -0.360 e. The van der Waals surface area contributed by atoms with Gasteiger partial charge in [-0.05, 0) is 31.5 Å². The Morgan fingerprint density at radius 2 is 2.15 bits per heavy atom. The van der Waals surface area contributed by atoms with Crippen molar-refractivity contribution in [2.24, 2.45) is 0 Å². The molecule has 0 radical (unpaired) electrons. The van der Waals surface area contributed by atoms with Crippen LogP contribution in [0.15, 0.2) is 0 Å². The van der Waals surface area contributed by atoms with Crippen molar-refractivity contribution in [2.45, 2.75) is 45.1 Å². The molecule has 1 rings (SSSR count). The second-order valence-electron chi connectivity index (χ2n) is 3.85. The first kappa shape index (κ1) is 10.8. The average Bonchev–Trinajstić information content (AvgIpc) is 2.88. The largest absolute Gasteiger partial charge is 0.360 e. The lowest BCUT2D eigenvalue weighted by Gasteiger charge is -2.20. The van der Waals surface area contributed by atoms with Gasteiger partial charge in [-0.2, -0.15) is 0 Å². The van der Waals surface area contributed by atoms with Crippen LogP contribution in [0.2, 0.25) is 0 Å². The third-order valence-corrected chi connectivity index (χ3v) is 2.78. The van der Waals surface area contributed by atoms with E-state index in [9.17, 15) is 0 Å². The van der Waals surface area contributed by atoms with Crippen LogP contribution in [0.4, 0.5) is 0 Å². The lowest BCUT2D eigenvalue weighted by atomic mass is 10.2. The smallest absolute Gasteiger partial charge is 0.168 e. The Bertz CT molecular complexity index is 166. The van der Waals surface area contributed by atoms with E-state index in [1.807, 2.05) is 0 Å². The summed E-state index contributed by atoms with van der Waals surface area (Å²) < 4.78 is 0. The van der Waals surface area contributed by atoms with Crippen molar-refractivity contribution in [2.75, 3.05) is 13.6 Å². The Kier molecular flexibility index (Phi) is 4.50. The highest BCUT2D eigenvalue weighted by atomic mass is 32.1. The molecule has 0 saturated heterocycles. The first-order chi connectivity index (χ1) is 6.24. The van der Waals surface area contributed by atoms with Crippen molar-refractivity contribution in [1.82, 2.24) is 10.2 Å². The third-order valence-electron chi connectivity index (χ3n) is 2.35. The van der Waals surface area contributed by atoms with Gasteiger partial charge in [-0.25, -0.2) is 0 Å². The number of rotatable bonds is 5. The van der Waals surface area contributed by atoms with E-state index in [-0.39, 0.29) is 0 Å². The van der Waals surface area contributed by atoms with Crippen LogP contribution in [0.1, 0.15) is 39.0 Å². The van der Waals surface area contributed by atoms with Crippen LogP contribution in [0, 0.1) is 0 Å². The fourth-order valence-electron chi connectivity index (χ4n) is 1.21. The normalized spacial score (nSPS) is 15.5. The Balaban J connectivity index is 2.05. The maximum Gasteiger partial charge on any atom is 0.168 e. The number of thiocarbonyl (C=S) groups is 1. The molecule has 0 amide bonds. The highest BCUT2D eigenvalue weighted by Gasteiger charge is 2.22. The summed E-state index contributed by atoms with van der Waals surface area (Å²) in [7, 11) is 2.08. The van der Waals surface area contributed by atoms with Gasteiger partial charge >= 0.3 is 0 Å². The van der Waals surface area contributed by atoms with Crippen LogP contribution in [-0.2, 0) is 0 Å². The molecule has 0 aromatic rings. The van der Waals surface area contributed by atoms with Gasteiger partial charge in [0.1, 0.15) is 0 Å². The molecule has 1 fully saturated rings. The van der Waals surface area contributed by atoms with Crippen LogP contribution >= 0.6 is 12.2 Å². The van der Waals surface area contributed by atoms with E-state index in [0.29, 0.717) is 6.04 Å². The molecule has 0 unspecified atom stereocenters. The highest BCUT2D eigenvalue weighted by Crippen LogP contribution is 2.18. The summed E-state index contributed by atoms with van der Waals surface area (Å²) in [4.78, 5) is 2.16. The van der Waals surface area contributed by atoms with Crippen molar-refractivity contribution in [1.29, 1.82) is 0 Å². The minimum absolute atomic E-state index is 0.682. The predicted molar refractivity (Wildman–Crippen MR) is 60.9 cm³/mol. The first-order valence-corrected chi connectivity index (χ1v) is 5.66. The predicted octanol–water partition coefficient (Wildman–Crippen LogP) is 2.15. The van der Waals surface area contributed by atoms with Crippen LogP contribution in [0.3, 0.4) is 0 Å². The molecule has 1 aliphatic carbocycles. The second-order valence-corrected chi connectivity index (χ2v) is 4.24. The zero-order valence-corrected chi connectivity index (χ0v) is 9.49. The molecule has 76 valence electrons. The van der Waals surface area contributed by atoms with E-state index < -0.39 is 0 Å². The van der Waals surface area contributed by atoms with Crippen molar-refractivity contribution >= 4 is 17.3 Å². The summed E-state index contributed by atoms with van der Waals surface area (Å²) in [6, 6.07) is 0.682. The first-order valence-electron chi connectivity index (χ1n) is 5.25. The number of hydrogen-bond donors (Lipinski definition) is 1. The van der Waals surface area contributed by atoms with E-state index in [1.165, 1.54) is 32.1 Å². The molecule has 2 nitrogen and oxygen atoms in total.